The van der Waals surface area contributed by atoms with Crippen LogP contribution in [0.4, 0.5) is 19.1 Å². The van der Waals surface area contributed by atoms with E-state index in [4.69, 9.17) is 9.90 Å². The van der Waals surface area contributed by atoms with Crippen molar-refractivity contribution in [3.8, 4) is 0 Å². The summed E-state index contributed by atoms with van der Waals surface area (Å²) in [6, 6.07) is 9.65. The first-order valence-electron chi connectivity index (χ1n) is 9.33. The van der Waals surface area contributed by atoms with Crippen molar-refractivity contribution < 1.29 is 27.9 Å². The molecule has 2 aromatic rings. The van der Waals surface area contributed by atoms with Gasteiger partial charge in [0.2, 0.25) is 5.95 Å². The topological polar surface area (TPSA) is 86.6 Å². The predicted molar refractivity (Wildman–Crippen MR) is 102 cm³/mol. The van der Waals surface area contributed by atoms with Gasteiger partial charge in [-0.2, -0.15) is 13.2 Å². The summed E-state index contributed by atoms with van der Waals surface area (Å²) in [5, 5.41) is 7.12. The molecule has 1 N–H and O–H groups in total. The van der Waals surface area contributed by atoms with Crippen LogP contribution in [-0.4, -0.2) is 63.2 Å². The standard InChI is InChI=1S/C18H20N4O.C2HF3O2/c1-14-3-5-15(6-4-14)16(23)21-11-7-18(13-21)8-12-22(18)17-19-9-2-10-20-17;3-2(4,5)1(6)7/h2-6,9-10H,7-8,11-13H2,1H3;(H,6,7). The number of rotatable bonds is 2. The van der Waals surface area contributed by atoms with Gasteiger partial charge in [0, 0.05) is 37.6 Å². The van der Waals surface area contributed by atoms with Crippen molar-refractivity contribution in [1.82, 2.24) is 14.9 Å². The summed E-state index contributed by atoms with van der Waals surface area (Å²) in [5.74, 6) is -1.85. The minimum absolute atomic E-state index is 0.0295. The number of likely N-dealkylation sites (tertiary alicyclic amines) is 1. The lowest BCUT2D eigenvalue weighted by atomic mass is 9.84. The molecule has 0 bridgehead atoms. The molecule has 3 heterocycles. The first kappa shape index (κ1) is 21.5. The van der Waals surface area contributed by atoms with Crippen molar-refractivity contribution in [3.63, 3.8) is 0 Å². The summed E-state index contributed by atoms with van der Waals surface area (Å²) < 4.78 is 31.7. The number of alkyl halides is 3. The zero-order valence-corrected chi connectivity index (χ0v) is 16.3. The molecule has 160 valence electrons. The Labute approximate surface area is 171 Å². The van der Waals surface area contributed by atoms with Gasteiger partial charge in [0.25, 0.3) is 5.91 Å². The minimum atomic E-state index is -5.08. The maximum absolute atomic E-state index is 12.7. The zero-order valence-electron chi connectivity index (χ0n) is 16.3. The Kier molecular flexibility index (Phi) is 5.95. The fraction of sp³-hybridized carbons (Fsp3) is 0.400. The molecule has 0 aliphatic carbocycles. The number of aryl methyl sites for hydroxylation is 1. The van der Waals surface area contributed by atoms with E-state index in [9.17, 15) is 18.0 Å². The fourth-order valence-electron chi connectivity index (χ4n) is 3.62. The maximum atomic E-state index is 12.7. The second-order valence-electron chi connectivity index (χ2n) is 7.32. The van der Waals surface area contributed by atoms with Crippen LogP contribution in [0.3, 0.4) is 0 Å². The first-order chi connectivity index (χ1) is 14.1. The first-order valence-corrected chi connectivity index (χ1v) is 9.33. The number of carboxylic acid groups (broad SMARTS) is 1. The second kappa shape index (κ2) is 8.29. The van der Waals surface area contributed by atoms with Crippen LogP contribution in [0.15, 0.2) is 42.7 Å². The number of benzene rings is 1. The number of anilines is 1. The van der Waals surface area contributed by atoms with E-state index in [0.717, 1.165) is 44.0 Å². The van der Waals surface area contributed by atoms with Crippen molar-refractivity contribution in [1.29, 1.82) is 0 Å². The van der Waals surface area contributed by atoms with Gasteiger partial charge in [-0.1, -0.05) is 17.7 Å². The monoisotopic (exact) mass is 422 g/mol. The highest BCUT2D eigenvalue weighted by molar-refractivity contribution is 5.94. The number of aromatic nitrogens is 2. The number of halogens is 3. The molecule has 4 rings (SSSR count). The van der Waals surface area contributed by atoms with Crippen LogP contribution in [-0.2, 0) is 4.79 Å². The molecule has 1 atom stereocenters. The van der Waals surface area contributed by atoms with Crippen molar-refractivity contribution >= 4 is 17.8 Å². The molecule has 1 aromatic carbocycles. The van der Waals surface area contributed by atoms with E-state index < -0.39 is 12.1 Å². The van der Waals surface area contributed by atoms with E-state index in [1.54, 1.807) is 12.4 Å². The van der Waals surface area contributed by atoms with Gasteiger partial charge in [0.15, 0.2) is 0 Å². The van der Waals surface area contributed by atoms with Crippen LogP contribution in [0.2, 0.25) is 0 Å². The molecule has 7 nitrogen and oxygen atoms in total. The largest absolute Gasteiger partial charge is 0.490 e. The summed E-state index contributed by atoms with van der Waals surface area (Å²) in [6.45, 7) is 4.57. The van der Waals surface area contributed by atoms with E-state index in [0.29, 0.717) is 0 Å². The zero-order chi connectivity index (χ0) is 21.9. The molecule has 0 saturated carbocycles. The van der Waals surface area contributed by atoms with Crippen molar-refractivity contribution in [2.24, 2.45) is 0 Å². The van der Waals surface area contributed by atoms with Gasteiger partial charge in [-0.3, -0.25) is 4.79 Å². The van der Waals surface area contributed by atoms with Gasteiger partial charge < -0.3 is 14.9 Å². The molecule has 2 saturated heterocycles. The predicted octanol–water partition coefficient (Wildman–Crippen LogP) is 2.91. The quantitative estimate of drug-likeness (QED) is 0.801. The van der Waals surface area contributed by atoms with Gasteiger partial charge >= 0.3 is 12.1 Å². The summed E-state index contributed by atoms with van der Waals surface area (Å²) in [7, 11) is 0. The van der Waals surface area contributed by atoms with Crippen molar-refractivity contribution in [2.45, 2.75) is 31.5 Å². The average molecular weight is 422 g/mol. The molecule has 1 spiro atoms. The molecule has 1 amide bonds. The Bertz CT molecular complexity index is 906. The molecular weight excluding hydrogens is 401 g/mol. The molecule has 2 fully saturated rings. The highest BCUT2D eigenvalue weighted by atomic mass is 19.4. The number of carbonyl (C=O) groups excluding carboxylic acids is 1. The average Bonchev–Trinajstić information content (AvgIpc) is 3.16. The van der Waals surface area contributed by atoms with E-state index in [-0.39, 0.29) is 11.4 Å². The summed E-state index contributed by atoms with van der Waals surface area (Å²) in [5.41, 5.74) is 1.97. The van der Waals surface area contributed by atoms with Crippen molar-refractivity contribution in [2.75, 3.05) is 24.5 Å². The Balaban J connectivity index is 0.000000318. The third kappa shape index (κ3) is 4.52. The number of amides is 1. The maximum Gasteiger partial charge on any atom is 0.490 e. The van der Waals surface area contributed by atoms with Gasteiger partial charge in [-0.25, -0.2) is 14.8 Å². The van der Waals surface area contributed by atoms with E-state index >= 15 is 0 Å². The molecule has 0 radical (unpaired) electrons. The van der Waals surface area contributed by atoms with Crippen LogP contribution in [0, 0.1) is 6.92 Å². The molecule has 10 heteroatoms. The van der Waals surface area contributed by atoms with Gasteiger partial charge in [0.05, 0.1) is 5.54 Å². The summed E-state index contributed by atoms with van der Waals surface area (Å²) in [6.07, 6.45) is 0.558. The van der Waals surface area contributed by atoms with Crippen LogP contribution in [0.25, 0.3) is 0 Å². The normalized spacial score (nSPS) is 20.4. The third-order valence-electron chi connectivity index (χ3n) is 5.33. The van der Waals surface area contributed by atoms with Gasteiger partial charge in [-0.05, 0) is 38.0 Å². The fourth-order valence-corrected chi connectivity index (χ4v) is 3.62. The Morgan fingerprint density at radius 1 is 1.07 bits per heavy atom. The number of hydrogen-bond donors (Lipinski definition) is 1. The highest BCUT2D eigenvalue weighted by Crippen LogP contribution is 2.41. The summed E-state index contributed by atoms with van der Waals surface area (Å²) in [4.78, 5) is 34.6. The minimum Gasteiger partial charge on any atom is -0.475 e. The van der Waals surface area contributed by atoms with Gasteiger partial charge in [-0.15, -0.1) is 0 Å². The van der Waals surface area contributed by atoms with Crippen molar-refractivity contribution in [3.05, 3.63) is 53.9 Å². The van der Waals surface area contributed by atoms with E-state index in [2.05, 4.69) is 14.9 Å². The molecule has 2 aliphatic rings. The van der Waals surface area contributed by atoms with Crippen LogP contribution in [0.1, 0.15) is 28.8 Å². The van der Waals surface area contributed by atoms with Gasteiger partial charge in [0.1, 0.15) is 0 Å². The number of hydrogen-bond acceptors (Lipinski definition) is 5. The van der Waals surface area contributed by atoms with Crippen LogP contribution >= 0.6 is 0 Å². The lowest BCUT2D eigenvalue weighted by molar-refractivity contribution is -0.192. The second-order valence-corrected chi connectivity index (χ2v) is 7.32. The summed E-state index contributed by atoms with van der Waals surface area (Å²) >= 11 is 0. The lowest BCUT2D eigenvalue weighted by Crippen LogP contribution is -2.62. The SMILES string of the molecule is Cc1ccc(C(=O)N2CCC3(CCN3c3ncccn3)C2)cc1.O=C(O)C(F)(F)F. The van der Waals surface area contributed by atoms with E-state index in [1.165, 1.54) is 5.56 Å². The number of aliphatic carboxylic acids is 1. The number of carbonyl (C=O) groups is 2. The Morgan fingerprint density at radius 2 is 1.63 bits per heavy atom. The van der Waals surface area contributed by atoms with Crippen LogP contribution in [0.5, 0.6) is 0 Å². The lowest BCUT2D eigenvalue weighted by Gasteiger charge is -2.50. The third-order valence-corrected chi connectivity index (χ3v) is 5.33. The Morgan fingerprint density at radius 3 is 2.13 bits per heavy atom. The molecule has 2 aliphatic heterocycles. The molecule has 1 aromatic heterocycles. The highest BCUT2D eigenvalue weighted by Gasteiger charge is 2.51. The molecule has 30 heavy (non-hydrogen) atoms. The Hall–Kier alpha value is -3.17. The molecular formula is C20H21F3N4O3. The number of carboxylic acids is 1. The smallest absolute Gasteiger partial charge is 0.475 e. The number of nitrogens with zero attached hydrogens (tertiary/aromatic N) is 4. The molecule has 1 unspecified atom stereocenters. The van der Waals surface area contributed by atoms with E-state index in [1.807, 2.05) is 42.2 Å². The van der Waals surface area contributed by atoms with Crippen LogP contribution < -0.4 is 4.90 Å².